The van der Waals surface area contributed by atoms with Gasteiger partial charge in [-0.05, 0) is 79.6 Å². The van der Waals surface area contributed by atoms with Gasteiger partial charge in [0.2, 0.25) is 0 Å². The summed E-state index contributed by atoms with van der Waals surface area (Å²) >= 11 is 13.8. The lowest BCUT2D eigenvalue weighted by Crippen LogP contribution is -2.21. The lowest BCUT2D eigenvalue weighted by molar-refractivity contribution is -0.153. The van der Waals surface area contributed by atoms with Crippen LogP contribution in [0.5, 0.6) is 5.75 Å². The summed E-state index contributed by atoms with van der Waals surface area (Å²) in [6, 6.07) is 17.2. The Morgan fingerprint density at radius 1 is 1.02 bits per heavy atom. The fourth-order valence-corrected chi connectivity index (χ4v) is 7.09. The molecule has 0 amide bonds. The van der Waals surface area contributed by atoms with Gasteiger partial charge in [-0.15, -0.1) is 5.48 Å². The van der Waals surface area contributed by atoms with E-state index in [1.54, 1.807) is 12.3 Å². The lowest BCUT2D eigenvalue weighted by atomic mass is 9.91. The summed E-state index contributed by atoms with van der Waals surface area (Å²) in [6.07, 6.45) is 5.71. The number of β-amino-alcohol motifs (C(OH)–C–C–N with tert-alkyl or cyclic N) is 1. The fraction of sp³-hybridized carbons (Fsp3) is 0.308. The average Bonchev–Trinajstić information content (AvgIpc) is 3.90. The van der Waals surface area contributed by atoms with E-state index < -0.39 is 5.82 Å². The van der Waals surface area contributed by atoms with Gasteiger partial charge in [-0.1, -0.05) is 53.5 Å². The first-order chi connectivity index (χ1) is 24.7. The second-order valence-electron chi connectivity index (χ2n) is 13.0. The number of nitrogens with zero attached hydrogens (tertiary/aromatic N) is 3. The molecule has 5 aromatic rings. The molecule has 7 rings (SSSR count). The molecule has 1 saturated heterocycles. The molecular weight excluding hydrogens is 692 g/mol. The van der Waals surface area contributed by atoms with Crippen molar-refractivity contribution in [1.82, 2.24) is 20.3 Å². The third-order valence-electron chi connectivity index (χ3n) is 9.37. The van der Waals surface area contributed by atoms with E-state index in [-0.39, 0.29) is 35.1 Å². The highest BCUT2D eigenvalue weighted by molar-refractivity contribution is 6.36. The first-order valence-corrected chi connectivity index (χ1v) is 17.8. The molecule has 0 spiro atoms. The zero-order chi connectivity index (χ0) is 35.6. The average molecular weight is 731 g/mol. The Bertz CT molecular complexity index is 2110. The van der Waals surface area contributed by atoms with Crippen molar-refractivity contribution in [3.63, 3.8) is 0 Å². The van der Waals surface area contributed by atoms with Crippen molar-refractivity contribution in [3.05, 3.63) is 99.5 Å². The van der Waals surface area contributed by atoms with Crippen LogP contribution in [0.1, 0.15) is 42.9 Å². The molecule has 51 heavy (non-hydrogen) atoms. The van der Waals surface area contributed by atoms with E-state index in [2.05, 4.69) is 26.7 Å². The molecule has 12 heteroatoms. The minimum atomic E-state index is -0.653. The zero-order valence-corrected chi connectivity index (χ0v) is 29.8. The molecule has 3 aromatic carbocycles. The van der Waals surface area contributed by atoms with E-state index in [4.69, 9.17) is 37.8 Å². The highest BCUT2D eigenvalue weighted by Gasteiger charge is 2.32. The van der Waals surface area contributed by atoms with Gasteiger partial charge in [-0.25, -0.2) is 9.37 Å². The number of carbonyl (C=O) groups is 1. The van der Waals surface area contributed by atoms with Gasteiger partial charge in [0.05, 0.1) is 40.9 Å². The highest BCUT2D eigenvalue weighted by atomic mass is 35.5. The summed E-state index contributed by atoms with van der Waals surface area (Å²) < 4.78 is 21.7. The molecule has 1 saturated carbocycles. The number of anilines is 2. The minimum Gasteiger partial charge on any atom is -0.493 e. The molecule has 1 unspecified atom stereocenters. The number of aliphatic hydroxyl groups is 1. The van der Waals surface area contributed by atoms with Crippen LogP contribution in [-0.2, 0) is 22.7 Å². The van der Waals surface area contributed by atoms with E-state index >= 15 is 4.39 Å². The van der Waals surface area contributed by atoms with Crippen LogP contribution in [0.2, 0.25) is 10.0 Å². The normalized spacial score (nSPS) is 16.1. The summed E-state index contributed by atoms with van der Waals surface area (Å²) in [7, 11) is 0. The van der Waals surface area contributed by atoms with Crippen molar-refractivity contribution in [1.29, 1.82) is 0 Å². The lowest BCUT2D eigenvalue weighted by Gasteiger charge is -2.19. The maximum atomic E-state index is 15.9. The Morgan fingerprint density at radius 2 is 1.78 bits per heavy atom. The molecule has 9 nitrogen and oxygen atoms in total. The summed E-state index contributed by atoms with van der Waals surface area (Å²) in [5.41, 5.74) is 8.81. The number of likely N-dealkylation sites (tertiary alicyclic amines) is 1. The monoisotopic (exact) mass is 729 g/mol. The Kier molecular flexibility index (Phi) is 10.4. The van der Waals surface area contributed by atoms with Gasteiger partial charge >= 0.3 is 5.97 Å². The van der Waals surface area contributed by atoms with Gasteiger partial charge in [0.15, 0.2) is 11.6 Å². The van der Waals surface area contributed by atoms with Crippen LogP contribution in [0.25, 0.3) is 33.2 Å². The molecule has 2 aromatic heterocycles. The van der Waals surface area contributed by atoms with Gasteiger partial charge in [-0.3, -0.25) is 14.7 Å². The van der Waals surface area contributed by atoms with Crippen molar-refractivity contribution in [3.8, 4) is 28.0 Å². The van der Waals surface area contributed by atoms with Gasteiger partial charge in [0.1, 0.15) is 11.3 Å². The number of benzene rings is 3. The van der Waals surface area contributed by atoms with Crippen molar-refractivity contribution in [2.75, 3.05) is 25.0 Å². The maximum Gasteiger partial charge on any atom is 0.327 e. The number of fused-ring (bicyclic) bond motifs is 1. The highest BCUT2D eigenvalue weighted by Crippen LogP contribution is 2.43. The third kappa shape index (κ3) is 7.52. The van der Waals surface area contributed by atoms with E-state index in [0.717, 1.165) is 60.0 Å². The van der Waals surface area contributed by atoms with Crippen molar-refractivity contribution in [2.24, 2.45) is 5.92 Å². The number of rotatable bonds is 12. The molecule has 3 heterocycles. The Morgan fingerprint density at radius 3 is 2.53 bits per heavy atom. The zero-order valence-electron chi connectivity index (χ0n) is 28.3. The second-order valence-corrected chi connectivity index (χ2v) is 13.8. The van der Waals surface area contributed by atoms with Crippen molar-refractivity contribution in [2.45, 2.75) is 52.3 Å². The number of carbonyl (C=O) groups excluding carboxylic acids is 1. The number of ether oxygens (including phenoxy) is 1. The molecule has 1 aliphatic carbocycles. The number of hydroxylamine groups is 1. The number of nitrogens with one attached hydrogen (secondary N) is 2. The van der Waals surface area contributed by atoms with E-state index in [1.165, 1.54) is 0 Å². The molecule has 3 N–H and O–H groups in total. The van der Waals surface area contributed by atoms with Gasteiger partial charge in [0, 0.05) is 54.1 Å². The van der Waals surface area contributed by atoms with Crippen LogP contribution >= 0.6 is 23.2 Å². The van der Waals surface area contributed by atoms with Gasteiger partial charge in [0.25, 0.3) is 0 Å². The quantitative estimate of drug-likeness (QED) is 0.109. The molecule has 264 valence electrons. The number of hydrogen-bond donors (Lipinski definition) is 3. The third-order valence-corrected chi connectivity index (χ3v) is 10.2. The van der Waals surface area contributed by atoms with Crippen molar-refractivity contribution < 1.29 is 23.9 Å². The Balaban J connectivity index is 1.16. The standard InChI is InChI=1S/C39H38Cl2FN5O4/c1-3-50-33-17-30(35(41)36(42)31(33)19-45-51-39(49)24-10-11-24)28-7-4-6-27(22(28)2)29-8-5-9-32(34(29)40)46-38-37-25(12-14-43-38)16-23(18-44-37)20-47-15-13-26(48)21-47/h4-9,12,14,16-18,24,26,45,48H,3,10-11,13,15,19-21H2,1-2H3,(H,43,46). The number of hydrogen-bond acceptors (Lipinski definition) is 9. The van der Waals surface area contributed by atoms with Crippen LogP contribution in [-0.4, -0.2) is 51.7 Å². The van der Waals surface area contributed by atoms with Crippen LogP contribution < -0.4 is 15.5 Å². The molecule has 2 fully saturated rings. The number of aromatic nitrogens is 2. The van der Waals surface area contributed by atoms with E-state index in [9.17, 15) is 9.90 Å². The Labute approximate surface area is 305 Å². The van der Waals surface area contributed by atoms with Gasteiger partial charge < -0.3 is 20.0 Å². The molecular formula is C39H38Cl2FN5O4. The number of pyridine rings is 2. The van der Waals surface area contributed by atoms with Crippen molar-refractivity contribution >= 4 is 51.6 Å². The minimum absolute atomic E-state index is 0.0683. The topological polar surface area (TPSA) is 109 Å². The van der Waals surface area contributed by atoms with Gasteiger partial charge in [-0.2, -0.15) is 0 Å². The molecule has 1 aliphatic heterocycles. The molecule has 0 radical (unpaired) electrons. The molecule has 0 bridgehead atoms. The predicted molar refractivity (Wildman–Crippen MR) is 198 cm³/mol. The maximum absolute atomic E-state index is 15.9. The second kappa shape index (κ2) is 15.1. The summed E-state index contributed by atoms with van der Waals surface area (Å²) in [5, 5.41) is 14.7. The SMILES string of the molecule is CCOc1cc(-c2cccc(-c3cccc(Nc4nccc5cc(CN6CCC(O)C6)cnc45)c3Cl)c2C)c(Cl)c(F)c1CNOC(=O)C1CC1. The first-order valence-electron chi connectivity index (χ1n) is 17.1. The smallest absolute Gasteiger partial charge is 0.327 e. The van der Waals surface area contributed by atoms with Crippen LogP contribution in [0.3, 0.4) is 0 Å². The molecule has 2 aliphatic rings. The van der Waals surface area contributed by atoms with E-state index in [1.807, 2.05) is 62.5 Å². The number of halogens is 3. The van der Waals surface area contributed by atoms with Crippen LogP contribution in [0.4, 0.5) is 15.9 Å². The first kappa shape index (κ1) is 35.1. The Hall–Kier alpha value is -4.32. The molecule has 1 atom stereocenters. The summed E-state index contributed by atoms with van der Waals surface area (Å²) in [5.74, 6) is -0.224. The summed E-state index contributed by atoms with van der Waals surface area (Å²) in [4.78, 5) is 28.6. The van der Waals surface area contributed by atoms with E-state index in [0.29, 0.717) is 52.1 Å². The fourth-order valence-electron chi connectivity index (χ4n) is 6.55. The predicted octanol–water partition coefficient (Wildman–Crippen LogP) is 8.38. The largest absolute Gasteiger partial charge is 0.493 e. The summed E-state index contributed by atoms with van der Waals surface area (Å²) in [6.45, 7) is 6.22. The number of aliphatic hydroxyl groups excluding tert-OH is 1. The van der Waals surface area contributed by atoms with Crippen LogP contribution in [0, 0.1) is 18.7 Å². The van der Waals surface area contributed by atoms with Crippen LogP contribution in [0.15, 0.2) is 67.0 Å².